The first kappa shape index (κ1) is 13.1. The van der Waals surface area contributed by atoms with Crippen LogP contribution in [0.4, 0.5) is 5.69 Å². The number of carbonyl (C=O) groups excluding carboxylic acids is 1. The summed E-state index contributed by atoms with van der Waals surface area (Å²) in [5.74, 6) is 0.0943. The number of benzene rings is 1. The minimum absolute atomic E-state index is 0.0943. The fourth-order valence-corrected chi connectivity index (χ4v) is 2.41. The van der Waals surface area contributed by atoms with Gasteiger partial charge < -0.3 is 9.64 Å². The number of ether oxygens (including phenoxy) is 1. The standard InChI is InChI=1S/C15H21NO2/c1-11(2)16(13-8-5-4-7-12(13)3)15(17)14-9-6-10-18-14/h4-5,7-8,11,14H,6,9-10H2,1-3H3. The Bertz CT molecular complexity index is 422. The Morgan fingerprint density at radius 1 is 1.39 bits per heavy atom. The molecule has 1 aromatic rings. The van der Waals surface area contributed by atoms with Crippen molar-refractivity contribution in [3.63, 3.8) is 0 Å². The zero-order valence-corrected chi connectivity index (χ0v) is 11.3. The highest BCUT2D eigenvalue weighted by Gasteiger charge is 2.30. The highest BCUT2D eigenvalue weighted by atomic mass is 16.5. The minimum Gasteiger partial charge on any atom is -0.368 e. The molecular weight excluding hydrogens is 226 g/mol. The first-order valence-electron chi connectivity index (χ1n) is 6.61. The fraction of sp³-hybridized carbons (Fsp3) is 0.533. The van der Waals surface area contributed by atoms with Crippen LogP contribution in [-0.2, 0) is 9.53 Å². The third-order valence-electron chi connectivity index (χ3n) is 3.33. The van der Waals surface area contributed by atoms with Crippen molar-refractivity contribution in [2.24, 2.45) is 0 Å². The van der Waals surface area contributed by atoms with Gasteiger partial charge in [0.15, 0.2) is 0 Å². The fourth-order valence-electron chi connectivity index (χ4n) is 2.41. The molecule has 1 aliphatic rings. The largest absolute Gasteiger partial charge is 0.368 e. The van der Waals surface area contributed by atoms with E-state index in [-0.39, 0.29) is 18.1 Å². The Hall–Kier alpha value is -1.35. The Kier molecular flexibility index (Phi) is 4.02. The summed E-state index contributed by atoms with van der Waals surface area (Å²) >= 11 is 0. The van der Waals surface area contributed by atoms with E-state index in [0.717, 1.165) is 24.1 Å². The summed E-state index contributed by atoms with van der Waals surface area (Å²) in [6, 6.07) is 8.15. The molecule has 2 rings (SSSR count). The number of rotatable bonds is 3. The van der Waals surface area contributed by atoms with E-state index >= 15 is 0 Å². The second kappa shape index (κ2) is 5.53. The number of nitrogens with zero attached hydrogens (tertiary/aromatic N) is 1. The molecule has 18 heavy (non-hydrogen) atoms. The average molecular weight is 247 g/mol. The predicted molar refractivity (Wildman–Crippen MR) is 72.8 cm³/mol. The monoisotopic (exact) mass is 247 g/mol. The van der Waals surface area contributed by atoms with Gasteiger partial charge in [-0.3, -0.25) is 4.79 Å². The van der Waals surface area contributed by atoms with E-state index in [9.17, 15) is 4.79 Å². The molecule has 0 N–H and O–H groups in total. The highest BCUT2D eigenvalue weighted by Crippen LogP contribution is 2.25. The molecule has 3 nitrogen and oxygen atoms in total. The van der Waals surface area contributed by atoms with Gasteiger partial charge in [-0.1, -0.05) is 18.2 Å². The van der Waals surface area contributed by atoms with Crippen molar-refractivity contribution in [2.45, 2.75) is 45.8 Å². The summed E-state index contributed by atoms with van der Waals surface area (Å²) in [4.78, 5) is 14.4. The molecule has 1 aliphatic heterocycles. The first-order valence-corrected chi connectivity index (χ1v) is 6.61. The summed E-state index contributed by atoms with van der Waals surface area (Å²) in [7, 11) is 0. The molecule has 3 heteroatoms. The Morgan fingerprint density at radius 3 is 2.67 bits per heavy atom. The molecule has 1 amide bonds. The number of carbonyl (C=O) groups is 1. The van der Waals surface area contributed by atoms with Gasteiger partial charge in [0.25, 0.3) is 5.91 Å². The summed E-state index contributed by atoms with van der Waals surface area (Å²) in [6.07, 6.45) is 1.57. The van der Waals surface area contributed by atoms with Crippen LogP contribution in [0.5, 0.6) is 0 Å². The maximum Gasteiger partial charge on any atom is 0.256 e. The number of aryl methyl sites for hydroxylation is 1. The summed E-state index contributed by atoms with van der Waals surface area (Å²) in [6.45, 7) is 6.82. The third kappa shape index (κ3) is 2.56. The molecule has 0 bridgehead atoms. The quantitative estimate of drug-likeness (QED) is 0.822. The van der Waals surface area contributed by atoms with Crippen molar-refractivity contribution < 1.29 is 9.53 Å². The lowest BCUT2D eigenvalue weighted by Gasteiger charge is -2.30. The van der Waals surface area contributed by atoms with E-state index in [2.05, 4.69) is 0 Å². The van der Waals surface area contributed by atoms with E-state index in [1.165, 1.54) is 0 Å². The van der Waals surface area contributed by atoms with Gasteiger partial charge in [-0.15, -0.1) is 0 Å². The molecule has 1 fully saturated rings. The van der Waals surface area contributed by atoms with Crippen molar-refractivity contribution in [1.29, 1.82) is 0 Å². The molecule has 1 atom stereocenters. The zero-order valence-electron chi connectivity index (χ0n) is 11.3. The molecule has 0 aliphatic carbocycles. The van der Waals surface area contributed by atoms with E-state index in [1.807, 2.05) is 49.9 Å². The Balaban J connectivity index is 2.28. The Morgan fingerprint density at radius 2 is 2.11 bits per heavy atom. The van der Waals surface area contributed by atoms with Crippen LogP contribution in [-0.4, -0.2) is 24.7 Å². The Labute approximate surface area is 109 Å². The maximum absolute atomic E-state index is 12.5. The average Bonchev–Trinajstić information content (AvgIpc) is 2.85. The van der Waals surface area contributed by atoms with Gasteiger partial charge in [0.2, 0.25) is 0 Å². The normalized spacial score (nSPS) is 19.2. The van der Waals surface area contributed by atoms with Gasteiger partial charge in [-0.2, -0.15) is 0 Å². The first-order chi connectivity index (χ1) is 8.61. The molecule has 1 saturated heterocycles. The number of para-hydroxylation sites is 1. The van der Waals surface area contributed by atoms with Crippen molar-refractivity contribution in [3.05, 3.63) is 29.8 Å². The molecule has 98 valence electrons. The third-order valence-corrected chi connectivity index (χ3v) is 3.33. The van der Waals surface area contributed by atoms with Gasteiger partial charge in [-0.25, -0.2) is 0 Å². The summed E-state index contributed by atoms with van der Waals surface area (Å²) in [5, 5.41) is 0. The number of anilines is 1. The predicted octanol–water partition coefficient (Wildman–Crippen LogP) is 2.92. The molecule has 0 radical (unpaired) electrons. The molecule has 1 unspecified atom stereocenters. The van der Waals surface area contributed by atoms with Crippen LogP contribution in [0, 0.1) is 6.92 Å². The second-order valence-corrected chi connectivity index (χ2v) is 5.09. The number of hydrogen-bond donors (Lipinski definition) is 0. The molecule has 0 saturated carbocycles. The van der Waals surface area contributed by atoms with E-state index in [4.69, 9.17) is 4.74 Å². The van der Waals surface area contributed by atoms with Crippen LogP contribution < -0.4 is 4.90 Å². The molecular formula is C15H21NO2. The highest BCUT2D eigenvalue weighted by molar-refractivity contribution is 5.97. The van der Waals surface area contributed by atoms with Crippen molar-refractivity contribution in [2.75, 3.05) is 11.5 Å². The van der Waals surface area contributed by atoms with Crippen LogP contribution in [0.3, 0.4) is 0 Å². The van der Waals surface area contributed by atoms with Crippen molar-refractivity contribution in [1.82, 2.24) is 0 Å². The SMILES string of the molecule is Cc1ccccc1N(C(=O)C1CCCO1)C(C)C. The lowest BCUT2D eigenvalue weighted by Crippen LogP contribution is -2.43. The van der Waals surface area contributed by atoms with Gasteiger partial charge in [0, 0.05) is 18.3 Å². The van der Waals surface area contributed by atoms with Crippen LogP contribution in [0.1, 0.15) is 32.3 Å². The molecule has 0 aromatic heterocycles. The van der Waals surface area contributed by atoms with Crippen LogP contribution in [0.15, 0.2) is 24.3 Å². The van der Waals surface area contributed by atoms with Gasteiger partial charge in [-0.05, 0) is 45.2 Å². The topological polar surface area (TPSA) is 29.5 Å². The lowest BCUT2D eigenvalue weighted by molar-refractivity contribution is -0.127. The lowest BCUT2D eigenvalue weighted by atomic mass is 10.1. The van der Waals surface area contributed by atoms with E-state index < -0.39 is 0 Å². The smallest absolute Gasteiger partial charge is 0.256 e. The summed E-state index contributed by atoms with van der Waals surface area (Å²) in [5.41, 5.74) is 2.12. The van der Waals surface area contributed by atoms with Gasteiger partial charge in [0.1, 0.15) is 6.10 Å². The van der Waals surface area contributed by atoms with Gasteiger partial charge >= 0.3 is 0 Å². The van der Waals surface area contributed by atoms with E-state index in [1.54, 1.807) is 0 Å². The van der Waals surface area contributed by atoms with Crippen molar-refractivity contribution in [3.8, 4) is 0 Å². The second-order valence-electron chi connectivity index (χ2n) is 5.09. The van der Waals surface area contributed by atoms with Gasteiger partial charge in [0.05, 0.1) is 0 Å². The maximum atomic E-state index is 12.5. The van der Waals surface area contributed by atoms with Crippen LogP contribution in [0.25, 0.3) is 0 Å². The molecule has 0 spiro atoms. The van der Waals surface area contributed by atoms with Crippen molar-refractivity contribution >= 4 is 11.6 Å². The minimum atomic E-state index is -0.257. The number of amides is 1. The van der Waals surface area contributed by atoms with Crippen LogP contribution in [0.2, 0.25) is 0 Å². The zero-order chi connectivity index (χ0) is 13.1. The van der Waals surface area contributed by atoms with Crippen LogP contribution >= 0.6 is 0 Å². The van der Waals surface area contributed by atoms with E-state index in [0.29, 0.717) is 6.61 Å². The summed E-state index contributed by atoms with van der Waals surface area (Å²) < 4.78 is 5.52. The number of hydrogen-bond acceptors (Lipinski definition) is 2. The molecule has 1 heterocycles. The molecule has 1 aromatic carbocycles.